The molecular weight excluding hydrogens is 546 g/mol. The van der Waals surface area contributed by atoms with Crippen molar-refractivity contribution in [1.82, 2.24) is 0 Å². The first-order valence-corrected chi connectivity index (χ1v) is 14.5. The van der Waals surface area contributed by atoms with Gasteiger partial charge in [-0.2, -0.15) is 0 Å². The maximum absolute atomic E-state index is 12.3. The smallest absolute Gasteiger partial charge is 0.550 e. The van der Waals surface area contributed by atoms with Crippen LogP contribution in [-0.2, 0) is 11.2 Å². The SMILES string of the molecule is CCCCCCCCCc1ccccc1C(CCCCC(=O)[O-])Sc1ccc2c(=O)cc(C(=O)[O-])oc2c1.[Na+].[Na+]. The van der Waals surface area contributed by atoms with Gasteiger partial charge in [0.25, 0.3) is 0 Å². The monoisotopic (exact) mass is 582 g/mol. The average molecular weight is 583 g/mol. The van der Waals surface area contributed by atoms with Crippen molar-refractivity contribution in [2.24, 2.45) is 0 Å². The number of carboxylic acids is 2. The number of carbonyl (C=O) groups excluding carboxylic acids is 2. The van der Waals surface area contributed by atoms with Crippen molar-refractivity contribution < 1.29 is 83.3 Å². The van der Waals surface area contributed by atoms with Crippen molar-refractivity contribution in [3.8, 4) is 0 Å². The number of aryl methyl sites for hydroxylation is 1. The number of hydrogen-bond donors (Lipinski definition) is 0. The quantitative estimate of drug-likeness (QED) is 0.121. The first-order valence-electron chi connectivity index (χ1n) is 13.6. The summed E-state index contributed by atoms with van der Waals surface area (Å²) in [5.74, 6) is -3.07. The van der Waals surface area contributed by atoms with E-state index in [9.17, 15) is 24.6 Å². The van der Waals surface area contributed by atoms with E-state index in [2.05, 4.69) is 25.1 Å². The molecule has 3 aromatic rings. The Bertz CT molecular complexity index is 1280. The summed E-state index contributed by atoms with van der Waals surface area (Å²) in [7, 11) is 0. The van der Waals surface area contributed by atoms with Crippen LogP contribution < -0.4 is 74.8 Å². The van der Waals surface area contributed by atoms with Crippen LogP contribution in [-0.4, -0.2) is 11.9 Å². The predicted molar refractivity (Wildman–Crippen MR) is 147 cm³/mol. The summed E-state index contributed by atoms with van der Waals surface area (Å²) in [6, 6.07) is 14.5. The number of aliphatic carboxylic acids is 1. The molecule has 0 fully saturated rings. The third kappa shape index (κ3) is 12.0. The summed E-state index contributed by atoms with van der Waals surface area (Å²) in [6.45, 7) is 2.22. The fourth-order valence-electron chi connectivity index (χ4n) is 4.70. The number of aromatic carboxylic acids is 1. The van der Waals surface area contributed by atoms with E-state index in [-0.39, 0.29) is 76.4 Å². The van der Waals surface area contributed by atoms with Crippen LogP contribution in [0.15, 0.2) is 62.6 Å². The molecule has 3 rings (SSSR count). The number of unbranched alkanes of at least 4 members (excludes halogenated alkanes) is 7. The summed E-state index contributed by atoms with van der Waals surface area (Å²) >= 11 is 1.61. The predicted octanol–water partition coefficient (Wildman–Crippen LogP) is -0.399. The molecule has 0 saturated carbocycles. The Balaban J connectivity index is 0.00000400. The molecule has 9 heteroatoms. The van der Waals surface area contributed by atoms with Gasteiger partial charge < -0.3 is 24.2 Å². The van der Waals surface area contributed by atoms with Gasteiger partial charge in [0.15, 0.2) is 11.2 Å². The fraction of sp³-hybridized carbons (Fsp3) is 0.452. The number of fused-ring (bicyclic) bond motifs is 1. The zero-order valence-corrected chi connectivity index (χ0v) is 28.9. The molecule has 0 N–H and O–H groups in total. The topological polar surface area (TPSA) is 110 Å². The Hall–Kier alpha value is -1.06. The van der Waals surface area contributed by atoms with Crippen molar-refractivity contribution >= 4 is 34.7 Å². The molecule has 0 radical (unpaired) electrons. The zero-order valence-electron chi connectivity index (χ0n) is 24.0. The molecule has 1 unspecified atom stereocenters. The van der Waals surface area contributed by atoms with Gasteiger partial charge in [0.1, 0.15) is 11.6 Å². The Kier molecular flexibility index (Phi) is 18.4. The van der Waals surface area contributed by atoms with Gasteiger partial charge in [0.05, 0.1) is 5.39 Å². The van der Waals surface area contributed by atoms with Gasteiger partial charge >= 0.3 is 59.1 Å². The summed E-state index contributed by atoms with van der Waals surface area (Å²) in [5.41, 5.74) is 2.29. The van der Waals surface area contributed by atoms with Gasteiger partial charge in [-0.3, -0.25) is 4.79 Å². The van der Waals surface area contributed by atoms with E-state index in [4.69, 9.17) is 4.42 Å². The van der Waals surface area contributed by atoms with E-state index >= 15 is 0 Å². The third-order valence-electron chi connectivity index (χ3n) is 6.73. The molecular formula is C31H36Na2O6S. The van der Waals surface area contributed by atoms with Gasteiger partial charge in [-0.1, -0.05) is 76.1 Å². The normalized spacial score (nSPS) is 11.4. The minimum atomic E-state index is -1.54. The summed E-state index contributed by atoms with van der Waals surface area (Å²) in [6.07, 6.45) is 11.8. The van der Waals surface area contributed by atoms with E-state index in [0.717, 1.165) is 36.6 Å². The van der Waals surface area contributed by atoms with Gasteiger partial charge in [-0.05, 0) is 61.4 Å². The molecule has 0 aliphatic rings. The van der Waals surface area contributed by atoms with E-state index in [1.54, 1.807) is 23.9 Å². The van der Waals surface area contributed by atoms with E-state index in [0.29, 0.717) is 11.8 Å². The Morgan fingerprint density at radius 1 is 0.875 bits per heavy atom. The molecule has 0 saturated heterocycles. The molecule has 2 aromatic carbocycles. The van der Waals surface area contributed by atoms with Crippen molar-refractivity contribution in [1.29, 1.82) is 0 Å². The largest absolute Gasteiger partial charge is 1.00 e. The Morgan fingerprint density at radius 3 is 2.27 bits per heavy atom. The van der Waals surface area contributed by atoms with Crippen molar-refractivity contribution in [3.63, 3.8) is 0 Å². The van der Waals surface area contributed by atoms with Crippen LogP contribution in [0.1, 0.15) is 104 Å². The maximum Gasteiger partial charge on any atom is 1.00 e. The fourth-order valence-corrected chi connectivity index (χ4v) is 5.99. The van der Waals surface area contributed by atoms with Gasteiger partial charge in [-0.25, -0.2) is 0 Å². The number of carbonyl (C=O) groups is 2. The Labute approximate surface area is 285 Å². The third-order valence-corrected chi connectivity index (χ3v) is 8.03. The maximum atomic E-state index is 12.3. The van der Waals surface area contributed by atoms with Crippen LogP contribution in [0.2, 0.25) is 0 Å². The molecule has 0 amide bonds. The van der Waals surface area contributed by atoms with Crippen molar-refractivity contribution in [2.75, 3.05) is 0 Å². The van der Waals surface area contributed by atoms with Crippen LogP contribution in [0.4, 0.5) is 0 Å². The summed E-state index contributed by atoms with van der Waals surface area (Å²) < 4.78 is 5.43. The number of carboxylic acid groups (broad SMARTS) is 2. The van der Waals surface area contributed by atoms with Gasteiger partial charge in [0, 0.05) is 22.2 Å². The summed E-state index contributed by atoms with van der Waals surface area (Å²) in [5, 5.41) is 22.5. The number of benzene rings is 2. The first kappa shape index (κ1) is 37.0. The van der Waals surface area contributed by atoms with Crippen LogP contribution in [0, 0.1) is 0 Å². The van der Waals surface area contributed by atoms with Crippen LogP contribution in [0.5, 0.6) is 0 Å². The van der Waals surface area contributed by atoms with Crippen LogP contribution in [0.3, 0.4) is 0 Å². The minimum Gasteiger partial charge on any atom is -0.550 e. The number of thioether (sulfide) groups is 1. The molecule has 1 aromatic heterocycles. The molecule has 6 nitrogen and oxygen atoms in total. The average Bonchev–Trinajstić information content (AvgIpc) is 2.89. The van der Waals surface area contributed by atoms with Gasteiger partial charge in [-0.15, -0.1) is 11.8 Å². The van der Waals surface area contributed by atoms with Gasteiger partial charge in [0.2, 0.25) is 0 Å². The molecule has 1 atom stereocenters. The van der Waals surface area contributed by atoms with E-state index in [1.807, 2.05) is 12.1 Å². The molecule has 0 aliphatic heterocycles. The summed E-state index contributed by atoms with van der Waals surface area (Å²) in [4.78, 5) is 35.3. The second kappa shape index (κ2) is 20.0. The molecule has 40 heavy (non-hydrogen) atoms. The standard InChI is InChI=1S/C31H38O6S.2Na/c1-2-3-4-5-6-7-8-13-22-14-9-10-15-24(22)29(16-11-12-17-30(33)34)38-23-18-19-25-26(32)21-28(31(35)36)37-27(25)20-23;;/h9-10,14-15,18-21,29H,2-8,11-13,16-17H2,1H3,(H,33,34)(H,35,36);;/q;2*+1/p-2. The molecule has 0 spiro atoms. The van der Waals surface area contributed by atoms with Crippen molar-refractivity contribution in [2.45, 2.75) is 94.1 Å². The minimum absolute atomic E-state index is 0. The van der Waals surface area contributed by atoms with E-state index in [1.165, 1.54) is 49.7 Å². The molecule has 1 heterocycles. The first-order chi connectivity index (χ1) is 18.4. The van der Waals surface area contributed by atoms with Crippen molar-refractivity contribution in [3.05, 3.63) is 75.6 Å². The molecule has 0 aliphatic carbocycles. The van der Waals surface area contributed by atoms with Crippen LogP contribution in [0.25, 0.3) is 11.0 Å². The zero-order chi connectivity index (χ0) is 27.3. The Morgan fingerprint density at radius 2 is 1.57 bits per heavy atom. The molecule has 0 bridgehead atoms. The second-order valence-electron chi connectivity index (χ2n) is 9.71. The number of rotatable bonds is 17. The van der Waals surface area contributed by atoms with E-state index < -0.39 is 23.1 Å². The molecule has 204 valence electrons. The van der Waals surface area contributed by atoms with Crippen LogP contribution >= 0.6 is 11.8 Å². The number of hydrogen-bond acceptors (Lipinski definition) is 7. The second-order valence-corrected chi connectivity index (χ2v) is 11.0.